The van der Waals surface area contributed by atoms with Crippen LogP contribution in [-0.4, -0.2) is 7.11 Å². The minimum Gasteiger partial charge on any atom is -0.496 e. The Kier molecular flexibility index (Phi) is 4.92. The first-order chi connectivity index (χ1) is 8.52. The van der Waals surface area contributed by atoms with E-state index in [1.807, 2.05) is 5.38 Å². The molecular weight excluding hydrogens is 444 g/mol. The second-order valence-electron chi connectivity index (χ2n) is 3.87. The quantitative estimate of drug-likeness (QED) is 0.511. The summed E-state index contributed by atoms with van der Waals surface area (Å²) in [6, 6.07) is 6.33. The fraction of sp³-hybridized carbons (Fsp3) is 0.231. The van der Waals surface area contributed by atoms with Crippen LogP contribution in [0.4, 0.5) is 0 Å². The van der Waals surface area contributed by atoms with E-state index in [-0.39, 0.29) is 4.83 Å². The molecule has 2 rings (SSSR count). The largest absolute Gasteiger partial charge is 0.496 e. The zero-order chi connectivity index (χ0) is 13.3. The normalized spacial score (nSPS) is 12.5. The van der Waals surface area contributed by atoms with E-state index in [2.05, 4.69) is 72.9 Å². The van der Waals surface area contributed by atoms with Crippen molar-refractivity contribution in [3.05, 3.63) is 48.5 Å². The number of methoxy groups -OCH3 is 1. The molecule has 0 aliphatic heterocycles. The van der Waals surface area contributed by atoms with Crippen molar-refractivity contribution < 1.29 is 4.74 Å². The van der Waals surface area contributed by atoms with Gasteiger partial charge in [-0.15, -0.1) is 11.3 Å². The van der Waals surface area contributed by atoms with Crippen LogP contribution in [0.3, 0.4) is 0 Å². The molecule has 96 valence electrons. The molecule has 0 amide bonds. The topological polar surface area (TPSA) is 9.23 Å². The molecule has 0 saturated heterocycles. The van der Waals surface area contributed by atoms with Crippen LogP contribution in [0.25, 0.3) is 0 Å². The first kappa shape index (κ1) is 14.6. The van der Waals surface area contributed by atoms with Gasteiger partial charge in [-0.25, -0.2) is 0 Å². The predicted octanol–water partition coefficient (Wildman–Crippen LogP) is 6.07. The molecule has 0 fully saturated rings. The van der Waals surface area contributed by atoms with E-state index in [1.165, 1.54) is 16.0 Å². The standard InChI is InChI=1S/C13H11Br3OS/c1-7-3-11(15)9(5-10(7)14)13(16)12-4-8(17-2)6-18-12/h3-6,13H,1-2H3. The summed E-state index contributed by atoms with van der Waals surface area (Å²) < 4.78 is 7.45. The van der Waals surface area contributed by atoms with Gasteiger partial charge in [-0.05, 0) is 36.2 Å². The SMILES string of the molecule is COc1csc(C(Br)c2cc(Br)c(C)cc2Br)c1. The molecule has 5 heteroatoms. The van der Waals surface area contributed by atoms with E-state index < -0.39 is 0 Å². The fourth-order valence-corrected chi connectivity index (χ4v) is 4.62. The lowest BCUT2D eigenvalue weighted by molar-refractivity contribution is 0.416. The predicted molar refractivity (Wildman–Crippen MR) is 88.2 cm³/mol. The molecule has 1 aromatic heterocycles. The molecule has 0 aliphatic rings. The molecule has 1 aromatic carbocycles. The van der Waals surface area contributed by atoms with E-state index in [0.717, 1.165) is 14.7 Å². The number of hydrogen-bond acceptors (Lipinski definition) is 2. The highest BCUT2D eigenvalue weighted by molar-refractivity contribution is 9.11. The molecule has 0 bridgehead atoms. The number of alkyl halides is 1. The molecular formula is C13H11Br3OS. The summed E-state index contributed by atoms with van der Waals surface area (Å²) in [5.41, 5.74) is 2.42. The zero-order valence-electron chi connectivity index (χ0n) is 9.84. The first-order valence-corrected chi connectivity index (χ1v) is 8.63. The fourth-order valence-electron chi connectivity index (χ4n) is 1.58. The van der Waals surface area contributed by atoms with Gasteiger partial charge in [0.15, 0.2) is 0 Å². The Labute approximate surface area is 136 Å². The number of halogens is 3. The summed E-state index contributed by atoms with van der Waals surface area (Å²) in [5, 5.41) is 2.01. The summed E-state index contributed by atoms with van der Waals surface area (Å²) in [7, 11) is 1.69. The lowest BCUT2D eigenvalue weighted by Crippen LogP contribution is -1.93. The molecule has 0 radical (unpaired) electrons. The van der Waals surface area contributed by atoms with E-state index in [9.17, 15) is 0 Å². The Morgan fingerprint density at radius 3 is 2.50 bits per heavy atom. The molecule has 0 saturated carbocycles. The smallest absolute Gasteiger partial charge is 0.129 e. The molecule has 1 unspecified atom stereocenters. The maximum absolute atomic E-state index is 5.22. The molecule has 1 nitrogen and oxygen atoms in total. The average Bonchev–Trinajstić information content (AvgIpc) is 2.81. The second-order valence-corrected chi connectivity index (χ2v) is 7.44. The molecule has 18 heavy (non-hydrogen) atoms. The van der Waals surface area contributed by atoms with Gasteiger partial charge in [-0.3, -0.25) is 0 Å². The van der Waals surface area contributed by atoms with Crippen LogP contribution in [0.5, 0.6) is 5.75 Å². The van der Waals surface area contributed by atoms with Crippen LogP contribution >= 0.6 is 59.1 Å². The van der Waals surface area contributed by atoms with Gasteiger partial charge < -0.3 is 4.74 Å². The van der Waals surface area contributed by atoms with Crippen molar-refractivity contribution in [3.63, 3.8) is 0 Å². The monoisotopic (exact) mass is 452 g/mol. The van der Waals surface area contributed by atoms with Gasteiger partial charge in [0.2, 0.25) is 0 Å². The lowest BCUT2D eigenvalue weighted by Gasteiger charge is -2.12. The third-order valence-corrected chi connectivity index (χ3v) is 6.44. The molecule has 1 heterocycles. The zero-order valence-corrected chi connectivity index (χ0v) is 15.4. The molecule has 0 spiro atoms. The van der Waals surface area contributed by atoms with E-state index in [4.69, 9.17) is 4.74 Å². The van der Waals surface area contributed by atoms with Crippen molar-refractivity contribution in [3.8, 4) is 5.75 Å². The Bertz CT molecular complexity index is 565. The number of rotatable bonds is 3. The molecule has 2 aromatic rings. The lowest BCUT2D eigenvalue weighted by atomic mass is 10.1. The van der Waals surface area contributed by atoms with Crippen molar-refractivity contribution in [2.45, 2.75) is 11.8 Å². The third kappa shape index (κ3) is 3.00. The highest BCUT2D eigenvalue weighted by atomic mass is 79.9. The maximum atomic E-state index is 5.22. The van der Waals surface area contributed by atoms with Crippen molar-refractivity contribution >= 4 is 59.1 Å². The number of ether oxygens (including phenoxy) is 1. The minimum atomic E-state index is 0.165. The van der Waals surface area contributed by atoms with Crippen LogP contribution < -0.4 is 4.74 Å². The number of aryl methyl sites for hydroxylation is 1. The number of hydrogen-bond donors (Lipinski definition) is 0. The van der Waals surface area contributed by atoms with Crippen molar-refractivity contribution in [1.82, 2.24) is 0 Å². The number of benzene rings is 1. The van der Waals surface area contributed by atoms with Gasteiger partial charge in [0.25, 0.3) is 0 Å². The van der Waals surface area contributed by atoms with Crippen LogP contribution in [0.15, 0.2) is 32.5 Å². The minimum absolute atomic E-state index is 0.165. The van der Waals surface area contributed by atoms with Crippen LogP contribution in [-0.2, 0) is 0 Å². The summed E-state index contributed by atoms with van der Waals surface area (Å²) in [5.74, 6) is 0.904. The first-order valence-electron chi connectivity index (χ1n) is 5.25. The van der Waals surface area contributed by atoms with E-state index in [0.29, 0.717) is 0 Å². The summed E-state index contributed by atoms with van der Waals surface area (Å²) in [4.78, 5) is 1.39. The van der Waals surface area contributed by atoms with Gasteiger partial charge >= 0.3 is 0 Å². The van der Waals surface area contributed by atoms with Gasteiger partial charge in [0.1, 0.15) is 5.75 Å². The maximum Gasteiger partial charge on any atom is 0.129 e. The van der Waals surface area contributed by atoms with Crippen LogP contribution in [0, 0.1) is 6.92 Å². The molecule has 0 aliphatic carbocycles. The molecule has 0 N–H and O–H groups in total. The Morgan fingerprint density at radius 1 is 1.17 bits per heavy atom. The van der Waals surface area contributed by atoms with Crippen molar-refractivity contribution in [2.75, 3.05) is 7.11 Å². The molecule has 1 atom stereocenters. The number of thiophene rings is 1. The Hall–Kier alpha value is 0.160. The van der Waals surface area contributed by atoms with E-state index in [1.54, 1.807) is 18.4 Å². The Balaban J connectivity index is 2.39. The van der Waals surface area contributed by atoms with Gasteiger partial charge in [-0.1, -0.05) is 47.8 Å². The van der Waals surface area contributed by atoms with Gasteiger partial charge in [-0.2, -0.15) is 0 Å². The van der Waals surface area contributed by atoms with E-state index >= 15 is 0 Å². The summed E-state index contributed by atoms with van der Waals surface area (Å²) in [6.45, 7) is 2.08. The van der Waals surface area contributed by atoms with Crippen LogP contribution in [0.1, 0.15) is 20.8 Å². The second kappa shape index (κ2) is 6.07. The third-order valence-electron chi connectivity index (χ3n) is 2.63. The highest BCUT2D eigenvalue weighted by Crippen LogP contribution is 2.41. The van der Waals surface area contributed by atoms with Gasteiger partial charge in [0.05, 0.1) is 11.9 Å². The van der Waals surface area contributed by atoms with Crippen LogP contribution in [0.2, 0.25) is 0 Å². The van der Waals surface area contributed by atoms with Crippen molar-refractivity contribution in [2.24, 2.45) is 0 Å². The highest BCUT2D eigenvalue weighted by Gasteiger charge is 2.17. The Morgan fingerprint density at radius 2 is 1.89 bits per heavy atom. The van der Waals surface area contributed by atoms with Gasteiger partial charge in [0, 0.05) is 19.2 Å². The summed E-state index contributed by atoms with van der Waals surface area (Å²) in [6.07, 6.45) is 0. The van der Waals surface area contributed by atoms with Crippen molar-refractivity contribution in [1.29, 1.82) is 0 Å². The summed E-state index contributed by atoms with van der Waals surface area (Å²) >= 11 is 12.6. The average molecular weight is 455 g/mol.